The normalized spacial score (nSPS) is 12.0. The molecule has 4 rings (SSSR count). The Labute approximate surface area is 181 Å². The highest BCUT2D eigenvalue weighted by atomic mass is 32.2. The third-order valence-corrected chi connectivity index (χ3v) is 7.24. The van der Waals surface area contributed by atoms with Gasteiger partial charge >= 0.3 is 0 Å². The molecule has 0 aliphatic heterocycles. The standard InChI is InChI=1S/C24H24N2O4S/c1-16-6-10-21(11-7-16)31(28,29)26(15-20-5-4-12-30-20)14-19-13-22-17(2)8-9-18(3)23(22)25-24(19)27/h4-13H,14-15H2,1-3H3,(H,25,27). The van der Waals surface area contributed by atoms with Gasteiger partial charge in [-0.05, 0) is 62.2 Å². The second-order valence-electron chi connectivity index (χ2n) is 7.78. The Morgan fingerprint density at radius 1 is 0.935 bits per heavy atom. The number of nitrogens with zero attached hydrogens (tertiary/aromatic N) is 1. The number of sulfonamides is 1. The molecular weight excluding hydrogens is 412 g/mol. The molecule has 2 aromatic heterocycles. The molecule has 1 N–H and O–H groups in total. The zero-order valence-corrected chi connectivity index (χ0v) is 18.5. The Morgan fingerprint density at radius 3 is 2.32 bits per heavy atom. The molecule has 4 aromatic rings. The number of aromatic amines is 1. The number of fused-ring (bicyclic) bond motifs is 1. The lowest BCUT2D eigenvalue weighted by molar-refractivity contribution is 0.357. The molecule has 0 unspecified atom stereocenters. The first-order valence-corrected chi connectivity index (χ1v) is 11.4. The molecule has 0 bridgehead atoms. The zero-order valence-electron chi connectivity index (χ0n) is 17.7. The summed E-state index contributed by atoms with van der Waals surface area (Å²) in [6.45, 7) is 5.75. The van der Waals surface area contributed by atoms with Crippen LogP contribution in [0.25, 0.3) is 10.9 Å². The number of pyridine rings is 1. The van der Waals surface area contributed by atoms with E-state index in [1.54, 1.807) is 42.5 Å². The van der Waals surface area contributed by atoms with E-state index in [4.69, 9.17) is 4.42 Å². The van der Waals surface area contributed by atoms with Crippen molar-refractivity contribution in [3.63, 3.8) is 0 Å². The van der Waals surface area contributed by atoms with Crippen molar-refractivity contribution >= 4 is 20.9 Å². The summed E-state index contributed by atoms with van der Waals surface area (Å²) in [4.78, 5) is 15.9. The molecule has 160 valence electrons. The summed E-state index contributed by atoms with van der Waals surface area (Å²) in [7, 11) is -3.86. The highest BCUT2D eigenvalue weighted by Gasteiger charge is 2.27. The van der Waals surface area contributed by atoms with Crippen molar-refractivity contribution in [2.45, 2.75) is 38.8 Å². The maximum atomic E-state index is 13.4. The highest BCUT2D eigenvalue weighted by molar-refractivity contribution is 7.89. The lowest BCUT2D eigenvalue weighted by atomic mass is 10.0. The number of hydrogen-bond donors (Lipinski definition) is 1. The fraction of sp³-hybridized carbons (Fsp3) is 0.208. The van der Waals surface area contributed by atoms with Gasteiger partial charge in [-0.25, -0.2) is 8.42 Å². The molecule has 0 aliphatic rings. The van der Waals surface area contributed by atoms with Gasteiger partial charge in [-0.1, -0.05) is 29.8 Å². The average Bonchev–Trinajstić information content (AvgIpc) is 3.25. The van der Waals surface area contributed by atoms with Crippen LogP contribution in [-0.2, 0) is 23.1 Å². The number of furan rings is 1. The summed E-state index contributed by atoms with van der Waals surface area (Å²) in [5, 5.41) is 0.903. The quantitative estimate of drug-likeness (QED) is 0.484. The lowest BCUT2D eigenvalue weighted by Gasteiger charge is -2.21. The predicted molar refractivity (Wildman–Crippen MR) is 120 cm³/mol. The van der Waals surface area contributed by atoms with E-state index in [1.165, 1.54) is 10.6 Å². The van der Waals surface area contributed by atoms with Crippen LogP contribution in [0.3, 0.4) is 0 Å². The van der Waals surface area contributed by atoms with Crippen molar-refractivity contribution in [2.75, 3.05) is 0 Å². The maximum Gasteiger partial charge on any atom is 0.252 e. The Balaban J connectivity index is 1.80. The van der Waals surface area contributed by atoms with Gasteiger partial charge in [-0.3, -0.25) is 4.79 Å². The monoisotopic (exact) mass is 436 g/mol. The molecule has 2 heterocycles. The molecule has 0 saturated carbocycles. The van der Waals surface area contributed by atoms with E-state index >= 15 is 0 Å². The molecule has 2 aromatic carbocycles. The van der Waals surface area contributed by atoms with Crippen LogP contribution in [0.4, 0.5) is 0 Å². The van der Waals surface area contributed by atoms with Gasteiger partial charge in [-0.15, -0.1) is 0 Å². The minimum atomic E-state index is -3.86. The average molecular weight is 437 g/mol. The van der Waals surface area contributed by atoms with E-state index in [9.17, 15) is 13.2 Å². The third kappa shape index (κ3) is 4.19. The number of H-pyrrole nitrogens is 1. The minimum absolute atomic E-state index is 0.0213. The smallest absolute Gasteiger partial charge is 0.252 e. The van der Waals surface area contributed by atoms with Gasteiger partial charge in [0, 0.05) is 17.5 Å². The first kappa shape index (κ1) is 21.1. The third-order valence-electron chi connectivity index (χ3n) is 5.44. The van der Waals surface area contributed by atoms with E-state index in [0.29, 0.717) is 11.3 Å². The Hall–Kier alpha value is -3.16. The topological polar surface area (TPSA) is 83.4 Å². The van der Waals surface area contributed by atoms with Crippen molar-refractivity contribution in [2.24, 2.45) is 0 Å². The number of aryl methyl sites for hydroxylation is 3. The van der Waals surface area contributed by atoms with Gasteiger partial charge < -0.3 is 9.40 Å². The number of rotatable bonds is 6. The molecular formula is C24H24N2O4S. The van der Waals surface area contributed by atoms with Crippen molar-refractivity contribution in [3.8, 4) is 0 Å². The molecule has 0 spiro atoms. The van der Waals surface area contributed by atoms with E-state index in [1.807, 2.05) is 32.9 Å². The van der Waals surface area contributed by atoms with Crippen LogP contribution in [0.1, 0.15) is 28.0 Å². The fourth-order valence-corrected chi connectivity index (χ4v) is 4.97. The molecule has 0 radical (unpaired) electrons. The van der Waals surface area contributed by atoms with Crippen LogP contribution in [0.5, 0.6) is 0 Å². The number of hydrogen-bond acceptors (Lipinski definition) is 4. The van der Waals surface area contributed by atoms with Crippen LogP contribution < -0.4 is 5.56 Å². The van der Waals surface area contributed by atoms with Crippen molar-refractivity contribution in [1.29, 1.82) is 0 Å². The molecule has 0 saturated heterocycles. The van der Waals surface area contributed by atoms with Crippen molar-refractivity contribution in [1.82, 2.24) is 9.29 Å². The van der Waals surface area contributed by atoms with Crippen LogP contribution in [0, 0.1) is 20.8 Å². The zero-order chi connectivity index (χ0) is 22.2. The van der Waals surface area contributed by atoms with Gasteiger partial charge in [0.15, 0.2) is 0 Å². The summed E-state index contributed by atoms with van der Waals surface area (Å²) in [6.07, 6.45) is 1.50. The van der Waals surface area contributed by atoms with E-state index in [-0.39, 0.29) is 23.5 Å². The molecule has 0 aliphatic carbocycles. The summed E-state index contributed by atoms with van der Waals surface area (Å²) in [6, 6.07) is 15.8. The largest absolute Gasteiger partial charge is 0.468 e. The van der Waals surface area contributed by atoms with Crippen LogP contribution in [0.15, 0.2) is 75.0 Å². The van der Waals surface area contributed by atoms with Crippen molar-refractivity contribution < 1.29 is 12.8 Å². The highest BCUT2D eigenvalue weighted by Crippen LogP contribution is 2.24. The first-order chi connectivity index (χ1) is 14.8. The van der Waals surface area contributed by atoms with Gasteiger partial charge in [0.25, 0.3) is 5.56 Å². The van der Waals surface area contributed by atoms with E-state index < -0.39 is 10.0 Å². The maximum absolute atomic E-state index is 13.4. The Morgan fingerprint density at radius 2 is 1.65 bits per heavy atom. The number of benzene rings is 2. The first-order valence-electron chi connectivity index (χ1n) is 9.97. The Kier molecular flexibility index (Phi) is 5.56. The lowest BCUT2D eigenvalue weighted by Crippen LogP contribution is -2.32. The molecule has 0 amide bonds. The van der Waals surface area contributed by atoms with E-state index in [0.717, 1.165) is 27.6 Å². The summed E-state index contributed by atoms with van der Waals surface area (Å²) >= 11 is 0. The number of aromatic nitrogens is 1. The van der Waals surface area contributed by atoms with Crippen molar-refractivity contribution in [3.05, 3.63) is 99.2 Å². The fourth-order valence-electron chi connectivity index (χ4n) is 3.59. The minimum Gasteiger partial charge on any atom is -0.468 e. The second kappa shape index (κ2) is 8.17. The van der Waals surface area contributed by atoms with Gasteiger partial charge in [-0.2, -0.15) is 4.31 Å². The molecule has 31 heavy (non-hydrogen) atoms. The SMILES string of the molecule is Cc1ccc(S(=O)(=O)N(Cc2ccco2)Cc2cc3c(C)ccc(C)c3[nH]c2=O)cc1. The summed E-state index contributed by atoms with van der Waals surface area (Å²) in [5.74, 6) is 0.500. The van der Waals surface area contributed by atoms with Gasteiger partial charge in [0.05, 0.1) is 23.2 Å². The molecule has 7 heteroatoms. The Bertz CT molecular complexity index is 1390. The number of nitrogens with one attached hydrogen (secondary N) is 1. The van der Waals surface area contributed by atoms with Crippen LogP contribution in [-0.4, -0.2) is 17.7 Å². The molecule has 6 nitrogen and oxygen atoms in total. The summed E-state index contributed by atoms with van der Waals surface area (Å²) in [5.41, 5.74) is 3.79. The predicted octanol–water partition coefficient (Wildman–Crippen LogP) is 4.44. The second-order valence-corrected chi connectivity index (χ2v) is 9.72. The van der Waals surface area contributed by atoms with E-state index in [2.05, 4.69) is 4.98 Å². The van der Waals surface area contributed by atoms with Gasteiger partial charge in [0.2, 0.25) is 10.0 Å². The van der Waals surface area contributed by atoms with Crippen LogP contribution in [0.2, 0.25) is 0 Å². The molecule has 0 atom stereocenters. The summed E-state index contributed by atoms with van der Waals surface area (Å²) < 4.78 is 33.6. The molecule has 0 fully saturated rings. The van der Waals surface area contributed by atoms with Crippen LogP contribution >= 0.6 is 0 Å². The van der Waals surface area contributed by atoms with Gasteiger partial charge in [0.1, 0.15) is 5.76 Å².